The van der Waals surface area contributed by atoms with E-state index in [4.69, 9.17) is 5.73 Å². The fourth-order valence-corrected chi connectivity index (χ4v) is 3.39. The normalized spacial score (nSPS) is 17.8. The lowest BCUT2D eigenvalue weighted by molar-refractivity contribution is 0.0770. The first-order chi connectivity index (χ1) is 9.30. The van der Waals surface area contributed by atoms with Crippen molar-refractivity contribution in [1.82, 2.24) is 4.90 Å². The number of nitrogens with two attached hydrogens (primary N) is 1. The standard InChI is InChI=1S/C13H19N3O3S/c1-15(2)12-4-3-10(9-11(12)14)13(17)16-5-7-20(18,19)8-6-16/h3-4,9H,5-8,14H2,1-2H3. The van der Waals surface area contributed by atoms with Gasteiger partial charge in [0, 0.05) is 32.7 Å². The Hall–Kier alpha value is -1.76. The second kappa shape index (κ2) is 5.32. The number of anilines is 2. The van der Waals surface area contributed by atoms with E-state index in [9.17, 15) is 13.2 Å². The summed E-state index contributed by atoms with van der Waals surface area (Å²) in [5.41, 5.74) is 7.80. The van der Waals surface area contributed by atoms with Gasteiger partial charge < -0.3 is 15.5 Å². The molecule has 1 amide bonds. The summed E-state index contributed by atoms with van der Waals surface area (Å²) < 4.78 is 22.7. The van der Waals surface area contributed by atoms with Gasteiger partial charge in [0.05, 0.1) is 22.9 Å². The maximum Gasteiger partial charge on any atom is 0.253 e. The highest BCUT2D eigenvalue weighted by atomic mass is 32.2. The Kier molecular flexibility index (Phi) is 3.89. The van der Waals surface area contributed by atoms with Crippen LogP contribution in [-0.4, -0.2) is 57.9 Å². The first kappa shape index (κ1) is 14.6. The number of hydrogen-bond donors (Lipinski definition) is 1. The lowest BCUT2D eigenvalue weighted by atomic mass is 10.1. The maximum atomic E-state index is 12.3. The van der Waals surface area contributed by atoms with E-state index in [1.165, 1.54) is 0 Å². The Balaban J connectivity index is 2.16. The number of sulfone groups is 1. The quantitative estimate of drug-likeness (QED) is 0.789. The molecule has 1 heterocycles. The van der Waals surface area contributed by atoms with Crippen LogP contribution in [0.25, 0.3) is 0 Å². The van der Waals surface area contributed by atoms with Crippen LogP contribution in [0, 0.1) is 0 Å². The largest absolute Gasteiger partial charge is 0.397 e. The molecule has 1 fully saturated rings. The third-order valence-corrected chi connectivity index (χ3v) is 5.00. The van der Waals surface area contributed by atoms with Crippen molar-refractivity contribution in [3.63, 3.8) is 0 Å². The number of nitrogens with zero attached hydrogens (tertiary/aromatic N) is 2. The summed E-state index contributed by atoms with van der Waals surface area (Å²) in [5.74, 6) is -0.106. The van der Waals surface area contributed by atoms with Crippen molar-refractivity contribution in [2.75, 3.05) is 49.3 Å². The Morgan fingerprint density at radius 1 is 1.25 bits per heavy atom. The fourth-order valence-electron chi connectivity index (χ4n) is 2.19. The van der Waals surface area contributed by atoms with E-state index in [1.807, 2.05) is 19.0 Å². The molecule has 1 saturated heterocycles. The molecule has 0 atom stereocenters. The van der Waals surface area contributed by atoms with E-state index in [0.29, 0.717) is 11.3 Å². The average Bonchev–Trinajstić information content (AvgIpc) is 2.37. The number of nitrogen functional groups attached to an aromatic ring is 1. The number of rotatable bonds is 2. The molecule has 1 aromatic rings. The molecule has 20 heavy (non-hydrogen) atoms. The van der Waals surface area contributed by atoms with Crippen LogP contribution in [0.15, 0.2) is 18.2 Å². The Bertz CT molecular complexity index is 612. The Labute approximate surface area is 119 Å². The molecule has 0 radical (unpaired) electrons. The molecule has 0 aromatic heterocycles. The van der Waals surface area contributed by atoms with Crippen molar-refractivity contribution in [1.29, 1.82) is 0 Å². The molecule has 1 aliphatic heterocycles. The molecule has 0 spiro atoms. The summed E-state index contributed by atoms with van der Waals surface area (Å²) in [4.78, 5) is 15.7. The Morgan fingerprint density at radius 2 is 1.85 bits per heavy atom. The van der Waals surface area contributed by atoms with Gasteiger partial charge in [0.2, 0.25) is 0 Å². The van der Waals surface area contributed by atoms with Crippen molar-refractivity contribution < 1.29 is 13.2 Å². The molecular weight excluding hydrogens is 278 g/mol. The molecule has 1 aromatic carbocycles. The number of hydrogen-bond acceptors (Lipinski definition) is 5. The monoisotopic (exact) mass is 297 g/mol. The van der Waals surface area contributed by atoms with Crippen LogP contribution in [0.3, 0.4) is 0 Å². The molecule has 0 unspecified atom stereocenters. The second-order valence-corrected chi connectivity index (χ2v) is 7.42. The Morgan fingerprint density at radius 3 is 2.35 bits per heavy atom. The van der Waals surface area contributed by atoms with Crippen LogP contribution in [0.5, 0.6) is 0 Å². The predicted molar refractivity (Wildman–Crippen MR) is 79.7 cm³/mol. The zero-order valence-electron chi connectivity index (χ0n) is 11.7. The van der Waals surface area contributed by atoms with Crippen LogP contribution < -0.4 is 10.6 Å². The van der Waals surface area contributed by atoms with Gasteiger partial charge in [-0.15, -0.1) is 0 Å². The predicted octanol–water partition coefficient (Wildman–Crippen LogP) is 0.205. The lowest BCUT2D eigenvalue weighted by Gasteiger charge is -2.27. The van der Waals surface area contributed by atoms with Crippen molar-refractivity contribution in [3.8, 4) is 0 Å². The zero-order chi connectivity index (χ0) is 14.9. The number of amides is 1. The highest BCUT2D eigenvalue weighted by Crippen LogP contribution is 2.23. The average molecular weight is 297 g/mol. The summed E-state index contributed by atoms with van der Waals surface area (Å²) in [6, 6.07) is 5.15. The summed E-state index contributed by atoms with van der Waals surface area (Å²) in [5, 5.41) is 0. The molecule has 2 rings (SSSR count). The maximum absolute atomic E-state index is 12.3. The van der Waals surface area contributed by atoms with E-state index in [-0.39, 0.29) is 30.5 Å². The van der Waals surface area contributed by atoms with Gasteiger partial charge >= 0.3 is 0 Å². The third-order valence-electron chi connectivity index (χ3n) is 3.39. The first-order valence-corrected chi connectivity index (χ1v) is 8.19. The summed E-state index contributed by atoms with van der Waals surface area (Å²) in [6.45, 7) is 0.493. The highest BCUT2D eigenvalue weighted by Gasteiger charge is 2.25. The summed E-state index contributed by atoms with van der Waals surface area (Å²) >= 11 is 0. The van der Waals surface area contributed by atoms with Gasteiger partial charge in [-0.1, -0.05) is 0 Å². The molecule has 6 nitrogen and oxygen atoms in total. The molecule has 0 aliphatic carbocycles. The van der Waals surface area contributed by atoms with E-state index in [2.05, 4.69) is 0 Å². The van der Waals surface area contributed by atoms with Gasteiger partial charge in [-0.3, -0.25) is 4.79 Å². The second-order valence-electron chi connectivity index (χ2n) is 5.11. The fraction of sp³-hybridized carbons (Fsp3) is 0.462. The van der Waals surface area contributed by atoms with Crippen molar-refractivity contribution in [3.05, 3.63) is 23.8 Å². The van der Waals surface area contributed by atoms with Crippen LogP contribution in [0.1, 0.15) is 10.4 Å². The van der Waals surface area contributed by atoms with Crippen molar-refractivity contribution in [2.45, 2.75) is 0 Å². The van der Waals surface area contributed by atoms with Crippen LogP contribution >= 0.6 is 0 Å². The van der Waals surface area contributed by atoms with E-state index in [0.717, 1.165) is 5.69 Å². The minimum Gasteiger partial charge on any atom is -0.397 e. The topological polar surface area (TPSA) is 83.7 Å². The number of carbonyl (C=O) groups excluding carboxylic acids is 1. The minimum absolute atomic E-state index is 0.0317. The summed E-state index contributed by atoms with van der Waals surface area (Å²) in [7, 11) is 0.773. The smallest absolute Gasteiger partial charge is 0.253 e. The van der Waals surface area contributed by atoms with Gasteiger partial charge in [0.25, 0.3) is 5.91 Å². The van der Waals surface area contributed by atoms with Gasteiger partial charge in [-0.2, -0.15) is 0 Å². The van der Waals surface area contributed by atoms with E-state index in [1.54, 1.807) is 23.1 Å². The van der Waals surface area contributed by atoms with Crippen LogP contribution in [-0.2, 0) is 9.84 Å². The van der Waals surface area contributed by atoms with Crippen molar-refractivity contribution >= 4 is 27.1 Å². The van der Waals surface area contributed by atoms with E-state index < -0.39 is 9.84 Å². The van der Waals surface area contributed by atoms with Gasteiger partial charge in [-0.25, -0.2) is 8.42 Å². The van der Waals surface area contributed by atoms with Crippen LogP contribution in [0.2, 0.25) is 0 Å². The van der Waals surface area contributed by atoms with Crippen LogP contribution in [0.4, 0.5) is 11.4 Å². The first-order valence-electron chi connectivity index (χ1n) is 6.37. The molecule has 0 bridgehead atoms. The molecule has 7 heteroatoms. The van der Waals surface area contributed by atoms with Gasteiger partial charge in [0.15, 0.2) is 9.84 Å². The molecule has 0 saturated carbocycles. The van der Waals surface area contributed by atoms with E-state index >= 15 is 0 Å². The highest BCUT2D eigenvalue weighted by molar-refractivity contribution is 7.91. The molecule has 110 valence electrons. The zero-order valence-corrected chi connectivity index (χ0v) is 12.5. The summed E-state index contributed by atoms with van der Waals surface area (Å²) in [6.07, 6.45) is 0. The van der Waals surface area contributed by atoms with Crippen molar-refractivity contribution in [2.24, 2.45) is 0 Å². The minimum atomic E-state index is -2.98. The van der Waals surface area contributed by atoms with Gasteiger partial charge in [0.1, 0.15) is 0 Å². The molecule has 1 aliphatic rings. The molecule has 2 N–H and O–H groups in total. The van der Waals surface area contributed by atoms with Gasteiger partial charge in [-0.05, 0) is 18.2 Å². The SMILES string of the molecule is CN(C)c1ccc(C(=O)N2CCS(=O)(=O)CC2)cc1N. The molecular formula is C13H19N3O3S. The third kappa shape index (κ3) is 3.04. The lowest BCUT2D eigenvalue weighted by Crippen LogP contribution is -2.43. The number of benzene rings is 1. The number of carbonyl (C=O) groups is 1.